The van der Waals surface area contributed by atoms with Gasteiger partial charge in [0, 0.05) is 48.3 Å². The second-order valence-electron chi connectivity index (χ2n) is 7.93. The summed E-state index contributed by atoms with van der Waals surface area (Å²) in [6.45, 7) is 0. The number of thiophene rings is 1. The van der Waals surface area contributed by atoms with Crippen molar-refractivity contribution in [3.8, 4) is 22.5 Å². The topological polar surface area (TPSA) is 112 Å². The molecule has 0 bridgehead atoms. The Bertz CT molecular complexity index is 1520. The van der Waals surface area contributed by atoms with Crippen molar-refractivity contribution in [2.75, 3.05) is 5.73 Å². The summed E-state index contributed by atoms with van der Waals surface area (Å²) in [7, 11) is 0.363. The van der Waals surface area contributed by atoms with E-state index in [2.05, 4.69) is 20.1 Å². The Hall–Kier alpha value is -3.24. The van der Waals surface area contributed by atoms with E-state index < -0.39 is 10.8 Å². The molecule has 1 saturated carbocycles. The third-order valence-corrected chi connectivity index (χ3v) is 9.54. The molecule has 0 aliphatic heterocycles. The molecular formula is C22H20N7OS2+. The van der Waals surface area contributed by atoms with E-state index in [0.29, 0.717) is 16.9 Å². The van der Waals surface area contributed by atoms with Gasteiger partial charge in [-0.1, -0.05) is 11.3 Å². The van der Waals surface area contributed by atoms with Gasteiger partial charge in [-0.05, 0) is 37.5 Å². The number of nitrogen functional groups attached to an aromatic ring is 1. The highest BCUT2D eigenvalue weighted by Crippen LogP contribution is 2.44. The standard InChI is InChI=1S/C22H19N7OS2/c1-29-17(5-6-27-29)14-10-15(12-9-16-20(26-11-12)25-8-7-24-16)28-21-18(14)19(23)22(31-21)32(30)13-3-2-4-13/h5-11,13H,2-4,23H2,1H3/p+1. The van der Waals surface area contributed by atoms with Crippen molar-refractivity contribution in [2.24, 2.45) is 7.05 Å². The van der Waals surface area contributed by atoms with E-state index in [1.165, 1.54) is 11.3 Å². The van der Waals surface area contributed by atoms with Crippen LogP contribution in [0.3, 0.4) is 0 Å². The van der Waals surface area contributed by atoms with E-state index >= 15 is 0 Å². The van der Waals surface area contributed by atoms with E-state index in [9.17, 15) is 4.21 Å². The number of hydrogen-bond donors (Lipinski definition) is 1. The maximum atomic E-state index is 13.2. The van der Waals surface area contributed by atoms with Gasteiger partial charge in [-0.2, -0.15) is 5.10 Å². The molecule has 1 aliphatic carbocycles. The van der Waals surface area contributed by atoms with Crippen molar-refractivity contribution < 1.29 is 4.21 Å². The summed E-state index contributed by atoms with van der Waals surface area (Å²) < 4.78 is 15.8. The lowest BCUT2D eigenvalue weighted by Gasteiger charge is -2.18. The Labute approximate surface area is 190 Å². The number of rotatable bonds is 4. The largest absolute Gasteiger partial charge is 0.393 e. The highest BCUT2D eigenvalue weighted by molar-refractivity contribution is 7.88. The normalized spacial score (nSPS) is 15.3. The zero-order valence-electron chi connectivity index (χ0n) is 17.3. The minimum Gasteiger partial charge on any atom is -0.393 e. The quantitative estimate of drug-likeness (QED) is 0.318. The number of fused-ring (bicyclic) bond motifs is 2. The first-order valence-corrected chi connectivity index (χ1v) is 12.5. The van der Waals surface area contributed by atoms with Crippen LogP contribution in [0.4, 0.5) is 5.69 Å². The van der Waals surface area contributed by atoms with E-state index in [1.54, 1.807) is 24.8 Å². The second-order valence-corrected chi connectivity index (χ2v) is 11.1. The Kier molecular flexibility index (Phi) is 4.51. The fourth-order valence-corrected chi connectivity index (χ4v) is 7.49. The molecule has 1 aliphatic rings. The molecule has 8 nitrogen and oxygen atoms in total. The zero-order valence-corrected chi connectivity index (χ0v) is 19.0. The summed E-state index contributed by atoms with van der Waals surface area (Å²) in [5.41, 5.74) is 11.9. The van der Waals surface area contributed by atoms with Crippen molar-refractivity contribution in [1.29, 1.82) is 0 Å². The summed E-state index contributed by atoms with van der Waals surface area (Å²) in [5.74, 6) is 0. The summed E-state index contributed by atoms with van der Waals surface area (Å²) in [6, 6.07) is 5.89. The Morgan fingerprint density at radius 3 is 2.75 bits per heavy atom. The molecule has 10 heteroatoms. The van der Waals surface area contributed by atoms with Crippen molar-refractivity contribution in [3.63, 3.8) is 0 Å². The minimum absolute atomic E-state index is 0.225. The molecule has 6 rings (SSSR count). The average Bonchev–Trinajstić information content (AvgIpc) is 3.34. The van der Waals surface area contributed by atoms with Crippen molar-refractivity contribution >= 4 is 49.2 Å². The molecular weight excluding hydrogens is 442 g/mol. The Balaban J connectivity index is 1.60. The van der Waals surface area contributed by atoms with Crippen LogP contribution in [0.5, 0.6) is 0 Å². The van der Waals surface area contributed by atoms with Crippen LogP contribution in [-0.4, -0.2) is 35.0 Å². The van der Waals surface area contributed by atoms with E-state index in [0.717, 1.165) is 56.2 Å². The fraction of sp³-hybridized carbons (Fsp3) is 0.227. The van der Waals surface area contributed by atoms with Gasteiger partial charge >= 0.3 is 0 Å². The lowest BCUT2D eigenvalue weighted by Crippen LogP contribution is -2.22. The lowest BCUT2D eigenvalue weighted by atomic mass is 10.0. The number of nitrogens with zero attached hydrogens (tertiary/aromatic N) is 6. The van der Waals surface area contributed by atoms with Gasteiger partial charge in [0.1, 0.15) is 32.1 Å². The molecule has 32 heavy (non-hydrogen) atoms. The number of anilines is 1. The fourth-order valence-electron chi connectivity index (χ4n) is 4.05. The Morgan fingerprint density at radius 2 is 2.00 bits per heavy atom. The smallest absolute Gasteiger partial charge is 0.235 e. The summed E-state index contributed by atoms with van der Waals surface area (Å²) in [4.78, 5) is 18.7. The monoisotopic (exact) mass is 462 g/mol. The molecule has 0 spiro atoms. The first-order chi connectivity index (χ1) is 15.6. The summed E-state index contributed by atoms with van der Waals surface area (Å²) >= 11 is 1.44. The molecule has 0 amide bonds. The molecule has 1 unspecified atom stereocenters. The van der Waals surface area contributed by atoms with E-state index in [-0.39, 0.29) is 5.25 Å². The predicted octanol–water partition coefficient (Wildman–Crippen LogP) is 3.89. The van der Waals surface area contributed by atoms with Crippen LogP contribution in [0.25, 0.3) is 43.9 Å². The predicted molar refractivity (Wildman–Crippen MR) is 128 cm³/mol. The van der Waals surface area contributed by atoms with Crippen LogP contribution < -0.4 is 5.73 Å². The number of aromatic nitrogens is 6. The van der Waals surface area contributed by atoms with Crippen LogP contribution in [0.1, 0.15) is 19.3 Å². The molecule has 0 saturated heterocycles. The van der Waals surface area contributed by atoms with Gasteiger partial charge < -0.3 is 5.73 Å². The summed E-state index contributed by atoms with van der Waals surface area (Å²) in [6.07, 6.45) is 9.92. The molecule has 5 aromatic rings. The molecule has 0 aromatic carbocycles. The maximum Gasteiger partial charge on any atom is 0.235 e. The van der Waals surface area contributed by atoms with Gasteiger partial charge in [-0.15, -0.1) is 4.21 Å². The van der Waals surface area contributed by atoms with Crippen LogP contribution in [0, 0.1) is 0 Å². The van der Waals surface area contributed by atoms with Gasteiger partial charge in [0.25, 0.3) is 0 Å². The molecule has 1 fully saturated rings. The van der Waals surface area contributed by atoms with Crippen LogP contribution in [-0.2, 0) is 22.1 Å². The zero-order chi connectivity index (χ0) is 21.8. The third-order valence-electron chi connectivity index (χ3n) is 6.00. The SMILES string of the molecule is Cn1nccc1-c1cc(-c2cnc3nccnc3c2)nc2sc([SH+](=O)C3CCC3)c(N)c12. The maximum absolute atomic E-state index is 13.2. The first-order valence-electron chi connectivity index (χ1n) is 10.3. The molecule has 1 atom stereocenters. The first kappa shape index (κ1) is 19.4. The molecule has 5 heterocycles. The Morgan fingerprint density at radius 1 is 1.16 bits per heavy atom. The number of hydrogen-bond acceptors (Lipinski definition) is 8. The van der Waals surface area contributed by atoms with Crippen molar-refractivity contribution in [2.45, 2.75) is 28.7 Å². The van der Waals surface area contributed by atoms with Gasteiger partial charge in [0.15, 0.2) is 5.65 Å². The average molecular weight is 463 g/mol. The highest BCUT2D eigenvalue weighted by atomic mass is 32.2. The number of aryl methyl sites for hydroxylation is 1. The molecule has 160 valence electrons. The van der Waals surface area contributed by atoms with Crippen molar-refractivity contribution in [1.82, 2.24) is 29.7 Å². The molecule has 0 radical (unpaired) electrons. The van der Waals surface area contributed by atoms with Gasteiger partial charge in [0.05, 0.1) is 11.4 Å². The second kappa shape index (κ2) is 7.42. The molecule has 2 N–H and O–H groups in total. The third kappa shape index (κ3) is 3.01. The van der Waals surface area contributed by atoms with E-state index in [1.807, 2.05) is 29.9 Å². The summed E-state index contributed by atoms with van der Waals surface area (Å²) in [5, 5.41) is 5.40. The van der Waals surface area contributed by atoms with Crippen LogP contribution in [0.15, 0.2) is 47.2 Å². The van der Waals surface area contributed by atoms with Gasteiger partial charge in [-0.25, -0.2) is 15.0 Å². The highest BCUT2D eigenvalue weighted by Gasteiger charge is 2.35. The van der Waals surface area contributed by atoms with Crippen molar-refractivity contribution in [3.05, 3.63) is 43.0 Å². The van der Waals surface area contributed by atoms with Crippen LogP contribution in [0.2, 0.25) is 0 Å². The number of pyridine rings is 2. The molecule has 5 aromatic heterocycles. The lowest BCUT2D eigenvalue weighted by molar-refractivity contribution is 0.494. The van der Waals surface area contributed by atoms with Gasteiger partial charge in [-0.3, -0.25) is 9.67 Å². The van der Waals surface area contributed by atoms with Crippen LogP contribution >= 0.6 is 11.3 Å². The number of thiol groups is 1. The van der Waals surface area contributed by atoms with E-state index in [4.69, 9.17) is 10.7 Å². The van der Waals surface area contributed by atoms with Gasteiger partial charge in [0.2, 0.25) is 4.21 Å². The minimum atomic E-state index is -1.53. The number of nitrogens with two attached hydrogens (primary N) is 1.